The summed E-state index contributed by atoms with van der Waals surface area (Å²) in [6.45, 7) is 5.50. The number of hydrogen-bond donors (Lipinski definition) is 2. The third kappa shape index (κ3) is 4.71. The Balaban J connectivity index is 2.71. The van der Waals surface area contributed by atoms with E-state index in [2.05, 4.69) is 0 Å². The quantitative estimate of drug-likeness (QED) is 0.813. The molecule has 7 nitrogen and oxygen atoms in total. The molecule has 0 spiro atoms. The molecule has 20 heavy (non-hydrogen) atoms. The van der Waals surface area contributed by atoms with Crippen molar-refractivity contribution < 1.29 is 29.3 Å². The molecule has 1 saturated heterocycles. The van der Waals surface area contributed by atoms with Crippen molar-refractivity contribution in [3.63, 3.8) is 0 Å². The molecule has 1 rings (SSSR count). The van der Waals surface area contributed by atoms with E-state index in [0.29, 0.717) is 13.0 Å². The minimum Gasteiger partial charge on any atom is -0.481 e. The molecular formula is C13H21NO6. The Morgan fingerprint density at radius 1 is 1.25 bits per heavy atom. The van der Waals surface area contributed by atoms with Gasteiger partial charge in [-0.3, -0.25) is 9.59 Å². The molecule has 0 aromatic carbocycles. The van der Waals surface area contributed by atoms with Crippen LogP contribution in [0.4, 0.5) is 4.79 Å². The summed E-state index contributed by atoms with van der Waals surface area (Å²) in [4.78, 5) is 35.2. The van der Waals surface area contributed by atoms with E-state index in [9.17, 15) is 19.5 Å². The van der Waals surface area contributed by atoms with Crippen molar-refractivity contribution in [1.82, 2.24) is 4.90 Å². The van der Waals surface area contributed by atoms with Crippen LogP contribution in [0.3, 0.4) is 0 Å². The maximum absolute atomic E-state index is 11.9. The standard InChI is InChI=1S/C13H21NO6/c1-13(2,3)20-12(19)14-5-4-8(6-10(15)16)9(7-14)11(17)18/h8-9H,4-7H2,1-3H3,(H,15,16)(H,17,18)/t8-,9-/m1/s1. The molecule has 0 unspecified atom stereocenters. The predicted octanol–water partition coefficient (Wildman–Crippen LogP) is 1.42. The molecular weight excluding hydrogens is 266 g/mol. The number of carboxylic acid groups (broad SMARTS) is 2. The van der Waals surface area contributed by atoms with Gasteiger partial charge in [-0.1, -0.05) is 0 Å². The first-order valence-electron chi connectivity index (χ1n) is 6.52. The molecule has 1 aliphatic rings. The first kappa shape index (κ1) is 16.3. The van der Waals surface area contributed by atoms with Crippen LogP contribution in [-0.4, -0.2) is 51.8 Å². The number of rotatable bonds is 3. The van der Waals surface area contributed by atoms with Gasteiger partial charge in [0.25, 0.3) is 0 Å². The summed E-state index contributed by atoms with van der Waals surface area (Å²) in [5.74, 6) is -3.42. The number of aliphatic carboxylic acids is 2. The number of carbonyl (C=O) groups excluding carboxylic acids is 1. The fraction of sp³-hybridized carbons (Fsp3) is 0.769. The average molecular weight is 287 g/mol. The van der Waals surface area contributed by atoms with Crippen molar-refractivity contribution in [3.8, 4) is 0 Å². The van der Waals surface area contributed by atoms with Gasteiger partial charge < -0.3 is 19.8 Å². The van der Waals surface area contributed by atoms with Gasteiger partial charge in [-0.05, 0) is 33.1 Å². The maximum atomic E-state index is 11.9. The van der Waals surface area contributed by atoms with Gasteiger partial charge in [-0.2, -0.15) is 0 Å². The molecule has 0 aromatic rings. The largest absolute Gasteiger partial charge is 0.481 e. The van der Waals surface area contributed by atoms with Crippen molar-refractivity contribution in [1.29, 1.82) is 0 Å². The molecule has 0 saturated carbocycles. The van der Waals surface area contributed by atoms with Gasteiger partial charge in [0.2, 0.25) is 0 Å². The number of piperidine rings is 1. The second-order valence-corrected chi connectivity index (χ2v) is 6.02. The highest BCUT2D eigenvalue weighted by Gasteiger charge is 2.38. The lowest BCUT2D eigenvalue weighted by atomic mass is 9.83. The maximum Gasteiger partial charge on any atom is 0.410 e. The van der Waals surface area contributed by atoms with E-state index < -0.39 is 35.5 Å². The molecule has 114 valence electrons. The Morgan fingerprint density at radius 3 is 2.30 bits per heavy atom. The Kier molecular flexibility index (Phi) is 4.97. The van der Waals surface area contributed by atoms with Crippen LogP contribution in [-0.2, 0) is 14.3 Å². The molecule has 2 atom stereocenters. The Bertz CT molecular complexity index is 400. The van der Waals surface area contributed by atoms with Crippen molar-refractivity contribution in [2.24, 2.45) is 11.8 Å². The SMILES string of the molecule is CC(C)(C)OC(=O)N1CC[C@H](CC(=O)O)[C@H](C(=O)O)C1. The minimum atomic E-state index is -1.08. The average Bonchev–Trinajstić information content (AvgIpc) is 2.25. The normalized spacial score (nSPS) is 23.2. The summed E-state index contributed by atoms with van der Waals surface area (Å²) >= 11 is 0. The van der Waals surface area contributed by atoms with Crippen LogP contribution in [0.25, 0.3) is 0 Å². The molecule has 0 bridgehead atoms. The van der Waals surface area contributed by atoms with Crippen LogP contribution >= 0.6 is 0 Å². The lowest BCUT2D eigenvalue weighted by Crippen LogP contribution is -2.48. The van der Waals surface area contributed by atoms with Crippen LogP contribution < -0.4 is 0 Å². The lowest BCUT2D eigenvalue weighted by molar-refractivity contribution is -0.147. The Morgan fingerprint density at radius 2 is 1.85 bits per heavy atom. The van der Waals surface area contributed by atoms with E-state index in [1.54, 1.807) is 20.8 Å². The zero-order valence-corrected chi connectivity index (χ0v) is 12.0. The van der Waals surface area contributed by atoms with E-state index >= 15 is 0 Å². The highest BCUT2D eigenvalue weighted by Crippen LogP contribution is 2.28. The molecule has 0 aliphatic carbocycles. The summed E-state index contributed by atoms with van der Waals surface area (Å²) in [6.07, 6.45) is -0.403. The molecule has 2 N–H and O–H groups in total. The topological polar surface area (TPSA) is 104 Å². The number of ether oxygens (including phenoxy) is 1. The van der Waals surface area contributed by atoms with Crippen molar-refractivity contribution in [2.45, 2.75) is 39.2 Å². The zero-order valence-electron chi connectivity index (χ0n) is 12.0. The third-order valence-electron chi connectivity index (χ3n) is 3.16. The number of nitrogens with zero attached hydrogens (tertiary/aromatic N) is 1. The Labute approximate surface area is 117 Å². The summed E-state index contributed by atoms with van der Waals surface area (Å²) in [7, 11) is 0. The van der Waals surface area contributed by atoms with Gasteiger partial charge in [0.15, 0.2) is 0 Å². The van der Waals surface area contributed by atoms with E-state index in [0.717, 1.165) is 0 Å². The number of carboxylic acids is 2. The van der Waals surface area contributed by atoms with Crippen LogP contribution in [0.15, 0.2) is 0 Å². The van der Waals surface area contributed by atoms with Gasteiger partial charge in [0.1, 0.15) is 5.60 Å². The molecule has 7 heteroatoms. The minimum absolute atomic E-state index is 0.0117. The van der Waals surface area contributed by atoms with Gasteiger partial charge in [-0.15, -0.1) is 0 Å². The molecule has 0 radical (unpaired) electrons. The van der Waals surface area contributed by atoms with Crippen molar-refractivity contribution in [3.05, 3.63) is 0 Å². The lowest BCUT2D eigenvalue weighted by Gasteiger charge is -2.36. The van der Waals surface area contributed by atoms with Gasteiger partial charge in [0, 0.05) is 19.5 Å². The number of hydrogen-bond acceptors (Lipinski definition) is 4. The first-order valence-corrected chi connectivity index (χ1v) is 6.52. The van der Waals surface area contributed by atoms with Crippen molar-refractivity contribution in [2.75, 3.05) is 13.1 Å². The number of amides is 1. The first-order chi connectivity index (χ1) is 9.10. The van der Waals surface area contributed by atoms with Crippen LogP contribution in [0.1, 0.15) is 33.6 Å². The smallest absolute Gasteiger partial charge is 0.410 e. The highest BCUT2D eigenvalue weighted by molar-refractivity contribution is 5.75. The van der Waals surface area contributed by atoms with E-state index in [-0.39, 0.29) is 13.0 Å². The summed E-state index contributed by atoms with van der Waals surface area (Å²) < 4.78 is 5.20. The summed E-state index contributed by atoms with van der Waals surface area (Å²) in [5.41, 5.74) is -0.645. The van der Waals surface area contributed by atoms with Crippen LogP contribution in [0.2, 0.25) is 0 Å². The van der Waals surface area contributed by atoms with Gasteiger partial charge >= 0.3 is 18.0 Å². The molecule has 1 aliphatic heterocycles. The summed E-state index contributed by atoms with van der Waals surface area (Å²) in [5, 5.41) is 18.0. The summed E-state index contributed by atoms with van der Waals surface area (Å²) in [6, 6.07) is 0. The fourth-order valence-electron chi connectivity index (χ4n) is 2.24. The van der Waals surface area contributed by atoms with Crippen molar-refractivity contribution >= 4 is 18.0 Å². The predicted molar refractivity (Wildman–Crippen MR) is 69.3 cm³/mol. The van der Waals surface area contributed by atoms with Gasteiger partial charge in [0.05, 0.1) is 5.92 Å². The van der Waals surface area contributed by atoms with Gasteiger partial charge in [-0.25, -0.2) is 4.79 Å². The molecule has 1 heterocycles. The zero-order chi connectivity index (χ0) is 15.5. The third-order valence-corrected chi connectivity index (χ3v) is 3.16. The molecule has 1 fully saturated rings. The molecule has 1 amide bonds. The highest BCUT2D eigenvalue weighted by atomic mass is 16.6. The molecule has 0 aromatic heterocycles. The Hall–Kier alpha value is -1.79. The van der Waals surface area contributed by atoms with Crippen LogP contribution in [0, 0.1) is 11.8 Å². The van der Waals surface area contributed by atoms with Crippen LogP contribution in [0.5, 0.6) is 0 Å². The fourth-order valence-corrected chi connectivity index (χ4v) is 2.24. The second kappa shape index (κ2) is 6.11. The van der Waals surface area contributed by atoms with E-state index in [1.807, 2.05) is 0 Å². The number of carbonyl (C=O) groups is 3. The van der Waals surface area contributed by atoms with E-state index in [4.69, 9.17) is 9.84 Å². The monoisotopic (exact) mass is 287 g/mol. The van der Waals surface area contributed by atoms with E-state index in [1.165, 1.54) is 4.90 Å². The second-order valence-electron chi connectivity index (χ2n) is 6.02. The number of likely N-dealkylation sites (tertiary alicyclic amines) is 1.